The molecule has 7 nitrogen and oxygen atoms in total. The first-order chi connectivity index (χ1) is 35.3. The van der Waals surface area contributed by atoms with E-state index in [1.54, 1.807) is 29.8 Å². The predicted molar refractivity (Wildman–Crippen MR) is 297 cm³/mol. The van der Waals surface area contributed by atoms with Gasteiger partial charge in [0.15, 0.2) is 0 Å². The minimum Gasteiger partial charge on any atom is -0.444 e. The van der Waals surface area contributed by atoms with Gasteiger partial charge in [-0.1, -0.05) is 111 Å². The lowest BCUT2D eigenvalue weighted by Crippen LogP contribution is -2.39. The second-order valence-corrected chi connectivity index (χ2v) is 23.6. The van der Waals surface area contributed by atoms with Crippen molar-refractivity contribution in [3.63, 3.8) is 0 Å². The third kappa shape index (κ3) is 12.0. The smallest absolute Gasteiger partial charge is 0.410 e. The summed E-state index contributed by atoms with van der Waals surface area (Å²) in [4.78, 5) is 14.3. The first-order valence-corrected chi connectivity index (χ1v) is 28.3. The molecule has 5 aromatic rings. The highest BCUT2D eigenvalue weighted by molar-refractivity contribution is 5.72. The monoisotopic (exact) mass is 990 g/mol. The number of ether oxygens (including phenoxy) is 1. The molecule has 3 aliphatic carbocycles. The Morgan fingerprint density at radius 1 is 0.479 bits per heavy atom. The summed E-state index contributed by atoms with van der Waals surface area (Å²) in [6, 6.07) is 34.3. The lowest BCUT2D eigenvalue weighted by atomic mass is 9.89. The zero-order valence-electron chi connectivity index (χ0n) is 44.3. The van der Waals surface area contributed by atoms with E-state index in [-0.39, 0.29) is 17.7 Å². The average molecular weight is 990 g/mol. The first-order valence-electron chi connectivity index (χ1n) is 28.3. The Kier molecular flexibility index (Phi) is 15.7. The second-order valence-electron chi connectivity index (χ2n) is 23.6. The van der Waals surface area contributed by atoms with Crippen LogP contribution in [0.4, 0.5) is 36.3 Å². The molecule has 13 rings (SSSR count). The van der Waals surface area contributed by atoms with Crippen LogP contribution in [0, 0.1) is 25.5 Å². The molecular weight excluding hydrogens is 909 g/mol. The van der Waals surface area contributed by atoms with Crippen LogP contribution < -0.4 is 21.3 Å². The number of hydrogen-bond acceptors (Lipinski definition) is 6. The van der Waals surface area contributed by atoms with Crippen molar-refractivity contribution < 1.29 is 18.3 Å². The van der Waals surface area contributed by atoms with E-state index >= 15 is 0 Å². The lowest BCUT2D eigenvalue weighted by molar-refractivity contribution is 0.0249. The van der Waals surface area contributed by atoms with Crippen LogP contribution in [-0.4, -0.2) is 53.9 Å². The van der Waals surface area contributed by atoms with Gasteiger partial charge in [-0.05, 0) is 174 Å². The van der Waals surface area contributed by atoms with E-state index < -0.39 is 5.60 Å². The second kappa shape index (κ2) is 22.5. The minimum absolute atomic E-state index is 0.0968. The van der Waals surface area contributed by atoms with E-state index in [9.17, 15) is 13.6 Å². The molecule has 8 aliphatic rings. The van der Waals surface area contributed by atoms with Crippen LogP contribution in [0.3, 0.4) is 0 Å². The molecule has 4 fully saturated rings. The van der Waals surface area contributed by atoms with Crippen molar-refractivity contribution in [3.8, 4) is 11.1 Å². The quantitative estimate of drug-likeness (QED) is 0.134. The fraction of sp³-hybridized carbons (Fsp3) is 0.516. The molecule has 5 heterocycles. The fourth-order valence-corrected chi connectivity index (χ4v) is 13.6. The molecule has 0 radical (unpaired) electrons. The molecule has 4 N–H and O–H groups in total. The summed E-state index contributed by atoms with van der Waals surface area (Å²) in [5.41, 5.74) is 15.0. The summed E-state index contributed by atoms with van der Waals surface area (Å²) < 4.78 is 32.2. The SMILES string of the molecule is Cc1ccc2c(c1)[C@@H]1CCCCC[C@@H]1N2.Cc1ccc2c(c1)[C@@H]1CN(C(=O)OC(C)(C)C)CCC[C@@H]1N2.Fc1ccc2c(c1)[C@@H]1CCCCC[C@@H]1N2.Fc1cccc(-c2ccc3c(c2)[C@@H]2CCCCC[C@@H]2N3)c1. The van der Waals surface area contributed by atoms with Gasteiger partial charge in [-0.2, -0.15) is 0 Å². The molecular formula is C64H81F2N5O2. The van der Waals surface area contributed by atoms with Crippen molar-refractivity contribution in [1.82, 2.24) is 4.90 Å². The number of amides is 1. The number of rotatable bonds is 1. The Balaban J connectivity index is 0.000000113. The van der Waals surface area contributed by atoms with Gasteiger partial charge < -0.3 is 30.9 Å². The Morgan fingerprint density at radius 3 is 1.44 bits per heavy atom. The average Bonchev–Trinajstić information content (AvgIpc) is 3.81. The topological polar surface area (TPSA) is 77.7 Å². The zero-order valence-corrected chi connectivity index (χ0v) is 44.3. The van der Waals surface area contributed by atoms with Gasteiger partial charge in [0, 0.05) is 83.7 Å². The number of hydrogen-bond donors (Lipinski definition) is 4. The van der Waals surface area contributed by atoms with Crippen LogP contribution in [0.15, 0.2) is 97.1 Å². The molecule has 3 saturated carbocycles. The summed E-state index contributed by atoms with van der Waals surface area (Å²) in [6.07, 6.45) is 21.9. The molecule has 5 aliphatic heterocycles. The molecule has 73 heavy (non-hydrogen) atoms. The maximum Gasteiger partial charge on any atom is 0.410 e. The molecule has 388 valence electrons. The molecule has 0 unspecified atom stereocenters. The van der Waals surface area contributed by atoms with Crippen LogP contribution in [0.2, 0.25) is 0 Å². The van der Waals surface area contributed by atoms with Gasteiger partial charge in [0.25, 0.3) is 0 Å². The fourth-order valence-electron chi connectivity index (χ4n) is 13.6. The number of likely N-dealkylation sites (tertiary alicyclic amines) is 1. The highest BCUT2D eigenvalue weighted by Crippen LogP contribution is 2.47. The van der Waals surface area contributed by atoms with Gasteiger partial charge in [0.1, 0.15) is 17.2 Å². The molecule has 0 spiro atoms. The van der Waals surface area contributed by atoms with E-state index in [0.29, 0.717) is 35.9 Å². The number of aryl methyl sites for hydroxylation is 2. The molecule has 1 amide bonds. The number of carbonyl (C=O) groups excluding carboxylic acids is 1. The van der Waals surface area contributed by atoms with Crippen LogP contribution in [0.5, 0.6) is 0 Å². The summed E-state index contributed by atoms with van der Waals surface area (Å²) in [5.74, 6) is 2.08. The summed E-state index contributed by atoms with van der Waals surface area (Å²) in [7, 11) is 0. The van der Waals surface area contributed by atoms with Crippen molar-refractivity contribution in [3.05, 3.63) is 142 Å². The van der Waals surface area contributed by atoms with Crippen LogP contribution in [0.25, 0.3) is 11.1 Å². The highest BCUT2D eigenvalue weighted by atomic mass is 19.1. The first kappa shape index (κ1) is 50.9. The number of fused-ring (bicyclic) bond motifs is 12. The Hall–Kier alpha value is -5.57. The zero-order chi connectivity index (χ0) is 50.6. The summed E-state index contributed by atoms with van der Waals surface area (Å²) in [6.45, 7) is 11.6. The Bertz CT molecular complexity index is 2640. The Morgan fingerprint density at radius 2 is 0.904 bits per heavy atom. The standard InChI is InChI=1S/C19H20FN.C18H26N2O2.C14H19N.C13H16FN/c20-15-6-4-5-13(11-15)14-9-10-19-17(12-14)16-7-2-1-3-8-18(16)21-19;1-12-7-8-16-13(10-12)14-11-20(9-5-6-15(14)19-16)17(21)22-18(2,3)4;1-10-7-8-14-12(9-10)11-5-3-2-4-6-13(11)15-14;14-9-6-7-13-11(8-9)10-4-2-1-3-5-12(10)15-13/h4-6,9-12,16,18,21H,1-3,7-8H2;7-8,10,14-15,19H,5-6,9,11H2,1-4H3;7-9,11,13,15H,2-6H2,1H3;6-8,10,12,15H,1-5H2/t16-,18-;14-,15-;11-,13-;10-,12-/m0000/s1. The minimum atomic E-state index is -0.439. The molecule has 5 aromatic carbocycles. The molecule has 9 heteroatoms. The van der Waals surface area contributed by atoms with E-state index in [4.69, 9.17) is 4.74 Å². The van der Waals surface area contributed by atoms with E-state index in [2.05, 4.69) is 89.7 Å². The van der Waals surface area contributed by atoms with Crippen molar-refractivity contribution >= 4 is 28.8 Å². The van der Waals surface area contributed by atoms with Gasteiger partial charge in [-0.25, -0.2) is 13.6 Å². The van der Waals surface area contributed by atoms with Gasteiger partial charge >= 0.3 is 6.09 Å². The molecule has 0 aromatic heterocycles. The third-order valence-electron chi connectivity index (χ3n) is 17.1. The van der Waals surface area contributed by atoms with Crippen LogP contribution in [-0.2, 0) is 4.74 Å². The van der Waals surface area contributed by atoms with E-state index in [1.165, 1.54) is 147 Å². The normalized spacial score (nSPS) is 26.0. The van der Waals surface area contributed by atoms with Crippen molar-refractivity contribution in [2.24, 2.45) is 0 Å². The summed E-state index contributed by atoms with van der Waals surface area (Å²) >= 11 is 0. The van der Waals surface area contributed by atoms with Gasteiger partial charge in [-0.3, -0.25) is 0 Å². The van der Waals surface area contributed by atoms with Gasteiger partial charge in [0.05, 0.1) is 0 Å². The Labute approximate surface area is 435 Å². The van der Waals surface area contributed by atoms with Crippen molar-refractivity contribution in [2.75, 3.05) is 34.4 Å². The largest absolute Gasteiger partial charge is 0.444 e. The van der Waals surface area contributed by atoms with E-state index in [0.717, 1.165) is 54.7 Å². The molecule has 0 bridgehead atoms. The van der Waals surface area contributed by atoms with E-state index in [1.807, 2.05) is 37.8 Å². The third-order valence-corrected chi connectivity index (χ3v) is 17.1. The summed E-state index contributed by atoms with van der Waals surface area (Å²) in [5, 5.41) is 14.6. The number of carbonyl (C=O) groups is 1. The van der Waals surface area contributed by atoms with Crippen molar-refractivity contribution in [1.29, 1.82) is 0 Å². The van der Waals surface area contributed by atoms with Crippen molar-refractivity contribution in [2.45, 2.75) is 197 Å². The molecule has 1 saturated heterocycles. The number of benzene rings is 5. The van der Waals surface area contributed by atoms with Gasteiger partial charge in [0.2, 0.25) is 0 Å². The number of nitrogens with one attached hydrogen (secondary N) is 4. The maximum absolute atomic E-state index is 13.4. The molecule has 8 atom stereocenters. The number of anilines is 4. The van der Waals surface area contributed by atoms with Crippen LogP contribution >= 0.6 is 0 Å². The predicted octanol–water partition coefficient (Wildman–Crippen LogP) is 16.7. The maximum atomic E-state index is 13.4. The number of halogens is 2. The lowest BCUT2D eigenvalue weighted by Gasteiger charge is -2.28. The highest BCUT2D eigenvalue weighted by Gasteiger charge is 2.38. The number of nitrogens with zero attached hydrogens (tertiary/aromatic N) is 1. The van der Waals surface area contributed by atoms with Gasteiger partial charge in [-0.15, -0.1) is 0 Å². The van der Waals surface area contributed by atoms with Crippen LogP contribution in [0.1, 0.15) is 187 Å².